The molecular formula is C13H17N. The Morgan fingerprint density at radius 2 is 2.21 bits per heavy atom. The summed E-state index contributed by atoms with van der Waals surface area (Å²) < 4.78 is 0. The van der Waals surface area contributed by atoms with E-state index < -0.39 is 0 Å². The zero-order valence-corrected chi connectivity index (χ0v) is 8.88. The van der Waals surface area contributed by atoms with Crippen molar-refractivity contribution in [3.05, 3.63) is 41.5 Å². The van der Waals surface area contributed by atoms with Gasteiger partial charge in [-0.2, -0.15) is 0 Å². The highest BCUT2D eigenvalue weighted by molar-refractivity contribution is 5.55. The monoisotopic (exact) mass is 187 g/mol. The van der Waals surface area contributed by atoms with Gasteiger partial charge in [0.25, 0.3) is 0 Å². The Labute approximate surface area is 85.8 Å². The maximum atomic E-state index is 3.87. The van der Waals surface area contributed by atoms with Crippen LogP contribution < -0.4 is 5.32 Å². The van der Waals surface area contributed by atoms with Crippen molar-refractivity contribution >= 4 is 6.08 Å². The van der Waals surface area contributed by atoms with E-state index in [9.17, 15) is 0 Å². The molecule has 2 rings (SSSR count). The van der Waals surface area contributed by atoms with Crippen LogP contribution in [0.4, 0.5) is 0 Å². The Morgan fingerprint density at radius 3 is 2.93 bits per heavy atom. The standard InChI is InChI=1S/C13H17N/c1-4-11-6-5-7-12-10(3)14-9(2)8-13(11)12/h4-7,9-10,14H,1,8H2,2-3H3/t9-,10-/m0/s1. The molecule has 74 valence electrons. The zero-order chi connectivity index (χ0) is 10.1. The second kappa shape index (κ2) is 3.58. The highest BCUT2D eigenvalue weighted by atomic mass is 14.9. The quantitative estimate of drug-likeness (QED) is 0.712. The Balaban J connectivity index is 2.52. The highest BCUT2D eigenvalue weighted by Gasteiger charge is 2.21. The van der Waals surface area contributed by atoms with Crippen LogP contribution >= 0.6 is 0 Å². The van der Waals surface area contributed by atoms with E-state index in [0.29, 0.717) is 12.1 Å². The minimum Gasteiger partial charge on any atom is -0.307 e. The topological polar surface area (TPSA) is 12.0 Å². The molecule has 2 atom stereocenters. The van der Waals surface area contributed by atoms with Crippen molar-refractivity contribution in [1.29, 1.82) is 0 Å². The van der Waals surface area contributed by atoms with Crippen LogP contribution in [0, 0.1) is 0 Å². The third-order valence-electron chi connectivity index (χ3n) is 2.98. The Hall–Kier alpha value is -1.08. The van der Waals surface area contributed by atoms with Gasteiger partial charge in [-0.3, -0.25) is 0 Å². The molecule has 0 radical (unpaired) electrons. The van der Waals surface area contributed by atoms with Gasteiger partial charge in [-0.15, -0.1) is 0 Å². The van der Waals surface area contributed by atoms with Gasteiger partial charge in [0.15, 0.2) is 0 Å². The van der Waals surface area contributed by atoms with Crippen LogP contribution in [0.5, 0.6) is 0 Å². The summed E-state index contributed by atoms with van der Waals surface area (Å²) in [5.74, 6) is 0. The molecule has 0 aromatic heterocycles. The maximum absolute atomic E-state index is 3.87. The van der Waals surface area contributed by atoms with E-state index in [2.05, 4.69) is 43.9 Å². The third kappa shape index (κ3) is 1.48. The molecule has 0 bridgehead atoms. The molecule has 1 N–H and O–H groups in total. The summed E-state index contributed by atoms with van der Waals surface area (Å²) in [6, 6.07) is 7.51. The van der Waals surface area contributed by atoms with Gasteiger partial charge in [-0.1, -0.05) is 30.9 Å². The average Bonchev–Trinajstić information content (AvgIpc) is 2.17. The second-order valence-corrected chi connectivity index (χ2v) is 4.11. The van der Waals surface area contributed by atoms with Crippen LogP contribution in [0.3, 0.4) is 0 Å². The Morgan fingerprint density at radius 1 is 1.43 bits per heavy atom. The summed E-state index contributed by atoms with van der Waals surface area (Å²) in [6.07, 6.45) is 3.07. The predicted molar refractivity (Wildman–Crippen MR) is 61.2 cm³/mol. The van der Waals surface area contributed by atoms with Gasteiger partial charge in [0.05, 0.1) is 0 Å². The fraction of sp³-hybridized carbons (Fsp3) is 0.385. The molecule has 1 aromatic carbocycles. The lowest BCUT2D eigenvalue weighted by Crippen LogP contribution is -2.36. The smallest absolute Gasteiger partial charge is 0.0297 e. The third-order valence-corrected chi connectivity index (χ3v) is 2.98. The number of rotatable bonds is 1. The first-order valence-corrected chi connectivity index (χ1v) is 5.22. The minimum atomic E-state index is 0.466. The fourth-order valence-electron chi connectivity index (χ4n) is 2.34. The van der Waals surface area contributed by atoms with Crippen molar-refractivity contribution in [3.8, 4) is 0 Å². The molecule has 0 spiro atoms. The van der Waals surface area contributed by atoms with Crippen LogP contribution in [0.15, 0.2) is 24.8 Å². The van der Waals surface area contributed by atoms with E-state index in [4.69, 9.17) is 0 Å². The largest absolute Gasteiger partial charge is 0.307 e. The van der Waals surface area contributed by atoms with Gasteiger partial charge in [-0.05, 0) is 37.0 Å². The number of fused-ring (bicyclic) bond motifs is 1. The van der Waals surface area contributed by atoms with E-state index >= 15 is 0 Å². The lowest BCUT2D eigenvalue weighted by Gasteiger charge is -2.30. The maximum Gasteiger partial charge on any atom is 0.0297 e. The summed E-state index contributed by atoms with van der Waals surface area (Å²) in [7, 11) is 0. The second-order valence-electron chi connectivity index (χ2n) is 4.11. The zero-order valence-electron chi connectivity index (χ0n) is 8.88. The van der Waals surface area contributed by atoms with Crippen molar-refractivity contribution in [2.24, 2.45) is 0 Å². The van der Waals surface area contributed by atoms with Crippen LogP contribution in [0.2, 0.25) is 0 Å². The van der Waals surface area contributed by atoms with Crippen LogP contribution in [-0.4, -0.2) is 6.04 Å². The van der Waals surface area contributed by atoms with Crippen LogP contribution in [0.1, 0.15) is 36.6 Å². The summed E-state index contributed by atoms with van der Waals surface area (Å²) in [5.41, 5.74) is 4.20. The molecular weight excluding hydrogens is 170 g/mol. The van der Waals surface area contributed by atoms with Crippen molar-refractivity contribution in [3.63, 3.8) is 0 Å². The summed E-state index contributed by atoms with van der Waals surface area (Å²) in [6.45, 7) is 8.33. The molecule has 1 nitrogen and oxygen atoms in total. The lowest BCUT2D eigenvalue weighted by molar-refractivity contribution is 0.445. The summed E-state index contributed by atoms with van der Waals surface area (Å²) in [4.78, 5) is 0. The number of hydrogen-bond donors (Lipinski definition) is 1. The van der Waals surface area contributed by atoms with E-state index in [1.54, 1.807) is 0 Å². The highest BCUT2D eigenvalue weighted by Crippen LogP contribution is 2.28. The fourth-order valence-corrected chi connectivity index (χ4v) is 2.34. The Bertz CT molecular complexity index is 354. The van der Waals surface area contributed by atoms with E-state index in [1.807, 2.05) is 6.08 Å². The SMILES string of the molecule is C=Cc1cccc2c1C[C@H](C)N[C@H]2C. The van der Waals surface area contributed by atoms with Crippen LogP contribution in [0.25, 0.3) is 6.08 Å². The predicted octanol–water partition coefficient (Wildman–Crippen LogP) is 2.92. The summed E-state index contributed by atoms with van der Waals surface area (Å²) >= 11 is 0. The van der Waals surface area contributed by atoms with Gasteiger partial charge < -0.3 is 5.32 Å². The van der Waals surface area contributed by atoms with Gasteiger partial charge in [-0.25, -0.2) is 0 Å². The first kappa shape index (κ1) is 9.47. The minimum absolute atomic E-state index is 0.466. The number of benzene rings is 1. The molecule has 0 fully saturated rings. The van der Waals surface area contributed by atoms with Gasteiger partial charge in [0, 0.05) is 12.1 Å². The molecule has 0 unspecified atom stereocenters. The van der Waals surface area contributed by atoms with Crippen LogP contribution in [-0.2, 0) is 6.42 Å². The molecule has 1 heteroatoms. The van der Waals surface area contributed by atoms with Crippen molar-refractivity contribution in [2.75, 3.05) is 0 Å². The van der Waals surface area contributed by atoms with E-state index in [1.165, 1.54) is 16.7 Å². The normalized spacial score (nSPS) is 25.6. The first-order chi connectivity index (χ1) is 6.72. The average molecular weight is 187 g/mol. The first-order valence-electron chi connectivity index (χ1n) is 5.22. The molecule has 1 aliphatic heterocycles. The van der Waals surface area contributed by atoms with Crippen molar-refractivity contribution in [1.82, 2.24) is 5.32 Å². The molecule has 1 aromatic rings. The molecule has 0 saturated heterocycles. The number of hydrogen-bond acceptors (Lipinski definition) is 1. The number of nitrogens with one attached hydrogen (secondary N) is 1. The molecule has 0 aliphatic carbocycles. The lowest BCUT2D eigenvalue weighted by atomic mass is 9.88. The van der Waals surface area contributed by atoms with E-state index in [0.717, 1.165) is 6.42 Å². The van der Waals surface area contributed by atoms with Gasteiger partial charge in [0.2, 0.25) is 0 Å². The van der Waals surface area contributed by atoms with Crippen molar-refractivity contribution < 1.29 is 0 Å². The van der Waals surface area contributed by atoms with Crippen molar-refractivity contribution in [2.45, 2.75) is 32.4 Å². The Kier molecular flexibility index (Phi) is 2.42. The van der Waals surface area contributed by atoms with Gasteiger partial charge in [0.1, 0.15) is 0 Å². The molecule has 14 heavy (non-hydrogen) atoms. The van der Waals surface area contributed by atoms with Gasteiger partial charge >= 0.3 is 0 Å². The summed E-state index contributed by atoms with van der Waals surface area (Å²) in [5, 5.41) is 3.55. The van der Waals surface area contributed by atoms with E-state index in [-0.39, 0.29) is 0 Å². The molecule has 0 amide bonds. The molecule has 1 heterocycles. The molecule has 1 aliphatic rings. The molecule has 0 saturated carbocycles.